The number of rotatable bonds is 3. The van der Waals surface area contributed by atoms with E-state index in [0.717, 1.165) is 12.1 Å². The number of pyridine rings is 1. The largest absolute Gasteiger partial charge is 0.506 e. The Hall–Kier alpha value is -3.44. The highest BCUT2D eigenvalue weighted by Gasteiger charge is 2.45. The molecule has 0 aliphatic carbocycles. The second kappa shape index (κ2) is 9.39. The van der Waals surface area contributed by atoms with E-state index in [0.29, 0.717) is 6.42 Å². The van der Waals surface area contributed by atoms with Gasteiger partial charge in [0.2, 0.25) is 5.91 Å². The van der Waals surface area contributed by atoms with E-state index in [2.05, 4.69) is 11.6 Å². The molecule has 2 unspecified atom stereocenters. The van der Waals surface area contributed by atoms with Crippen molar-refractivity contribution in [2.45, 2.75) is 38.0 Å². The summed E-state index contributed by atoms with van der Waals surface area (Å²) in [6.45, 7) is 7.69. The topological polar surface area (TPSA) is 106 Å². The zero-order valence-electron chi connectivity index (χ0n) is 20.9. The number of aliphatic hydroxyl groups excluding tert-OH is 1. The minimum absolute atomic E-state index is 0.00743. The van der Waals surface area contributed by atoms with Gasteiger partial charge in [-0.05, 0) is 38.5 Å². The number of anilines is 1. The van der Waals surface area contributed by atoms with Crippen molar-refractivity contribution in [2.24, 2.45) is 0 Å². The number of piperazine rings is 1. The van der Waals surface area contributed by atoms with Crippen LogP contribution in [0.1, 0.15) is 30.6 Å². The van der Waals surface area contributed by atoms with Gasteiger partial charge in [0.15, 0.2) is 11.6 Å². The molecule has 38 heavy (non-hydrogen) atoms. The molecule has 0 bridgehead atoms. The summed E-state index contributed by atoms with van der Waals surface area (Å²) in [5.74, 6) is -4.12. The van der Waals surface area contributed by atoms with Crippen LogP contribution in [0.4, 0.5) is 14.6 Å². The lowest BCUT2D eigenvalue weighted by Gasteiger charge is -2.40. The molecule has 0 saturated carbocycles. The number of phenolic OH excluding ortho intramolecular Hbond substituents is 1. The highest BCUT2D eigenvalue weighted by Crippen LogP contribution is 2.46. The van der Waals surface area contributed by atoms with Crippen LogP contribution in [0.2, 0.25) is 5.02 Å². The number of benzene rings is 1. The predicted molar refractivity (Wildman–Crippen MR) is 135 cm³/mol. The number of fused-ring (bicyclic) bond motifs is 2. The Morgan fingerprint density at radius 1 is 1.26 bits per heavy atom. The number of hydrogen-bond donors (Lipinski definition) is 2. The molecule has 2 fully saturated rings. The first-order valence-corrected chi connectivity index (χ1v) is 12.5. The number of nitrogens with zero attached hydrogens (tertiary/aromatic N) is 4. The summed E-state index contributed by atoms with van der Waals surface area (Å²) in [5, 5.41) is 20.8. The van der Waals surface area contributed by atoms with E-state index < -0.39 is 58.0 Å². The second-order valence-electron chi connectivity index (χ2n) is 10.3. The molecule has 12 heteroatoms. The number of carbonyl (C=O) groups is 2. The van der Waals surface area contributed by atoms with Crippen molar-refractivity contribution in [3.63, 3.8) is 0 Å². The Labute approximate surface area is 222 Å². The summed E-state index contributed by atoms with van der Waals surface area (Å²) in [7, 11) is 0. The molecule has 9 nitrogen and oxygen atoms in total. The van der Waals surface area contributed by atoms with E-state index in [1.807, 2.05) is 13.8 Å². The van der Waals surface area contributed by atoms with Crippen LogP contribution in [0.5, 0.6) is 11.5 Å². The molecule has 0 spiro atoms. The maximum absolute atomic E-state index is 16.1. The van der Waals surface area contributed by atoms with E-state index in [1.165, 1.54) is 15.9 Å². The zero-order chi connectivity index (χ0) is 27.5. The van der Waals surface area contributed by atoms with Gasteiger partial charge in [-0.25, -0.2) is 13.8 Å². The lowest BCUT2D eigenvalue weighted by Crippen LogP contribution is -2.57. The Balaban J connectivity index is 1.71. The number of carbonyl (C=O) groups excluding carboxylic acids is 2. The second-order valence-corrected chi connectivity index (χ2v) is 10.7. The first kappa shape index (κ1) is 26.2. The minimum atomic E-state index is -1.13. The normalized spacial score (nSPS) is 22.5. The third-order valence-electron chi connectivity index (χ3n) is 7.37. The van der Waals surface area contributed by atoms with E-state index in [4.69, 9.17) is 16.3 Å². The fraction of sp³-hybridized carbons (Fsp3) is 0.423. The summed E-state index contributed by atoms with van der Waals surface area (Å²) in [6, 6.07) is 1.52. The molecule has 5 rings (SSSR count). The predicted octanol–water partition coefficient (Wildman–Crippen LogP) is 2.97. The van der Waals surface area contributed by atoms with E-state index in [9.17, 15) is 24.2 Å². The monoisotopic (exact) mass is 548 g/mol. The lowest BCUT2D eigenvalue weighted by atomic mass is 9.99. The quantitative estimate of drug-likeness (QED) is 0.568. The van der Waals surface area contributed by atoms with E-state index in [-0.39, 0.29) is 55.1 Å². The van der Waals surface area contributed by atoms with Crippen molar-refractivity contribution in [2.75, 3.05) is 37.7 Å². The average Bonchev–Trinajstić information content (AvgIpc) is 3.06. The molecule has 2 N–H and O–H groups in total. The first-order valence-electron chi connectivity index (χ1n) is 12.2. The number of phenols is 1. The Bertz CT molecular complexity index is 1350. The van der Waals surface area contributed by atoms with E-state index in [1.54, 1.807) is 4.90 Å². The van der Waals surface area contributed by atoms with Gasteiger partial charge in [0.1, 0.15) is 35.2 Å². The molecule has 202 valence electrons. The third-order valence-corrected chi connectivity index (χ3v) is 7.67. The molecule has 4 heterocycles. The first-order chi connectivity index (χ1) is 17.9. The van der Waals surface area contributed by atoms with Crippen LogP contribution in [-0.4, -0.2) is 87.3 Å². The van der Waals surface area contributed by atoms with Crippen LogP contribution >= 0.6 is 11.6 Å². The molecule has 2 saturated heterocycles. The van der Waals surface area contributed by atoms with Gasteiger partial charge in [-0.2, -0.15) is 0 Å². The van der Waals surface area contributed by atoms with Gasteiger partial charge in [-0.1, -0.05) is 18.2 Å². The maximum Gasteiger partial charge on any atom is 0.262 e. The van der Waals surface area contributed by atoms with Gasteiger partial charge in [-0.3, -0.25) is 9.59 Å². The Morgan fingerprint density at radius 3 is 2.66 bits per heavy atom. The molecule has 2 atom stereocenters. The molecule has 3 aliphatic heterocycles. The van der Waals surface area contributed by atoms with Crippen molar-refractivity contribution >= 4 is 29.2 Å². The van der Waals surface area contributed by atoms with Crippen molar-refractivity contribution in [3.8, 4) is 22.8 Å². The summed E-state index contributed by atoms with van der Waals surface area (Å²) < 4.78 is 37.0. The van der Waals surface area contributed by atoms with Crippen molar-refractivity contribution in [1.29, 1.82) is 0 Å². The summed E-state index contributed by atoms with van der Waals surface area (Å²) >= 11 is 6.00. The SMILES string of the molecule is C=CC(=O)N1CCN2C(=O)c3c(N4CC(O)CC4(C)C)nc(-c4c(F)ccc(Cl)c4O)c(F)c3OCC2C1. The van der Waals surface area contributed by atoms with Gasteiger partial charge in [-0.15, -0.1) is 0 Å². The van der Waals surface area contributed by atoms with Crippen LogP contribution in [0, 0.1) is 11.6 Å². The number of ether oxygens (including phenoxy) is 1. The van der Waals surface area contributed by atoms with Crippen LogP contribution in [0.25, 0.3) is 11.3 Å². The van der Waals surface area contributed by atoms with Crippen LogP contribution in [0.3, 0.4) is 0 Å². The van der Waals surface area contributed by atoms with Crippen LogP contribution < -0.4 is 9.64 Å². The molecule has 3 aliphatic rings. The average molecular weight is 549 g/mol. The van der Waals surface area contributed by atoms with Gasteiger partial charge >= 0.3 is 0 Å². The van der Waals surface area contributed by atoms with Gasteiger partial charge in [0, 0.05) is 31.7 Å². The number of aromatic hydroxyl groups is 1. The number of aliphatic hydroxyl groups is 1. The van der Waals surface area contributed by atoms with Crippen LogP contribution in [0.15, 0.2) is 24.8 Å². The number of amides is 2. The molecule has 1 aromatic carbocycles. The lowest BCUT2D eigenvalue weighted by molar-refractivity contribution is -0.128. The van der Waals surface area contributed by atoms with Crippen LogP contribution in [-0.2, 0) is 4.79 Å². The summed E-state index contributed by atoms with van der Waals surface area (Å²) in [6.07, 6.45) is 0.771. The highest BCUT2D eigenvalue weighted by atomic mass is 35.5. The molecule has 2 amide bonds. The van der Waals surface area contributed by atoms with Gasteiger partial charge in [0.25, 0.3) is 5.91 Å². The van der Waals surface area contributed by atoms with Crippen molar-refractivity contribution in [1.82, 2.24) is 14.8 Å². The highest BCUT2D eigenvalue weighted by molar-refractivity contribution is 6.32. The van der Waals surface area contributed by atoms with Gasteiger partial charge < -0.3 is 29.6 Å². The number of aromatic nitrogens is 1. The van der Waals surface area contributed by atoms with E-state index >= 15 is 4.39 Å². The minimum Gasteiger partial charge on any atom is -0.506 e. The third kappa shape index (κ3) is 4.14. The number of halogens is 3. The fourth-order valence-corrected chi connectivity index (χ4v) is 5.64. The smallest absolute Gasteiger partial charge is 0.262 e. The number of β-amino-alcohol motifs (C(OH)–C–C–N with tert-alkyl or cyclic N) is 1. The standard InChI is InChI=1S/C26H27ClF2N4O5/c1-4-17(35)31-7-8-32-13(10-31)12-38-23-19(25(32)37)24(33-11-14(34)9-26(33,2)3)30-21(20(23)29)18-16(28)6-5-15(27)22(18)36/h4-6,13-14,34,36H,1,7-12H2,2-3H3. The molecule has 0 radical (unpaired) electrons. The number of hydrogen-bond acceptors (Lipinski definition) is 7. The molecular weight excluding hydrogens is 522 g/mol. The maximum atomic E-state index is 16.1. The van der Waals surface area contributed by atoms with Crippen molar-refractivity contribution < 1.29 is 33.3 Å². The zero-order valence-corrected chi connectivity index (χ0v) is 21.6. The summed E-state index contributed by atoms with van der Waals surface area (Å²) in [5.41, 5.74) is -2.02. The molecule has 2 aromatic rings. The Morgan fingerprint density at radius 2 is 2.00 bits per heavy atom. The van der Waals surface area contributed by atoms with Crippen molar-refractivity contribution in [3.05, 3.63) is 47.0 Å². The summed E-state index contributed by atoms with van der Waals surface area (Å²) in [4.78, 5) is 35.3. The fourth-order valence-electron chi connectivity index (χ4n) is 5.49. The molecular formula is C26H27ClF2N4O5. The molecule has 1 aromatic heterocycles. The van der Waals surface area contributed by atoms with Gasteiger partial charge in [0.05, 0.1) is 22.7 Å². The Kier molecular flexibility index (Phi) is 6.47.